The highest BCUT2D eigenvalue weighted by atomic mass is 32.2. The molecule has 138 valence electrons. The Kier molecular flexibility index (Phi) is 6.64. The quantitative estimate of drug-likeness (QED) is 0.308. The molecule has 0 N–H and O–H groups in total. The highest BCUT2D eigenvalue weighted by Gasteiger charge is 2.49. The van der Waals surface area contributed by atoms with Crippen molar-refractivity contribution < 1.29 is 38.6 Å². The van der Waals surface area contributed by atoms with Crippen LogP contribution in [0, 0.1) is 22.7 Å². The Morgan fingerprint density at radius 3 is 1.77 bits per heavy atom. The largest absolute Gasteiger partial charge is 0.536 e. The van der Waals surface area contributed by atoms with Gasteiger partial charge in [0.15, 0.2) is 11.4 Å². The summed E-state index contributed by atoms with van der Waals surface area (Å²) in [6.45, 7) is 0. The number of rotatable bonds is 6. The van der Waals surface area contributed by atoms with Gasteiger partial charge in [0, 0.05) is 11.1 Å². The van der Waals surface area contributed by atoms with Crippen LogP contribution in [0.25, 0.3) is 0 Å². The first-order chi connectivity index (χ1) is 12.0. The zero-order chi connectivity index (χ0) is 20.0. The lowest BCUT2D eigenvalue weighted by atomic mass is 10.1. The van der Waals surface area contributed by atoms with Crippen LogP contribution in [0.4, 0.5) is 13.2 Å². The minimum absolute atomic E-state index is 0.0363. The van der Waals surface area contributed by atoms with Crippen LogP contribution in [-0.2, 0) is 29.7 Å². The average molecular weight is 410 g/mol. The zero-order valence-electron chi connectivity index (χ0n) is 12.0. The van der Waals surface area contributed by atoms with Gasteiger partial charge >= 0.3 is 26.6 Å². The maximum absolute atomic E-state index is 12.1. The first kappa shape index (κ1) is 20.9. The van der Waals surface area contributed by atoms with Crippen molar-refractivity contribution in [3.8, 4) is 12.1 Å². The fourth-order valence-corrected chi connectivity index (χ4v) is 1.67. The minimum Gasteiger partial charge on any atom is -0.269 e. The molecule has 1 aromatic rings. The summed E-state index contributed by atoms with van der Waals surface area (Å²) < 4.78 is 85.7. The molecule has 0 aromatic heterocycles. The van der Waals surface area contributed by atoms with E-state index in [0.29, 0.717) is 0 Å². The van der Waals surface area contributed by atoms with Crippen molar-refractivity contribution in [3.05, 3.63) is 35.4 Å². The molecule has 0 saturated carbocycles. The fraction of sp³-hybridized carbons (Fsp3) is 0.0909. The Morgan fingerprint density at radius 1 is 1.00 bits per heavy atom. The van der Waals surface area contributed by atoms with Gasteiger partial charge in [-0.25, -0.2) is 0 Å². The number of oxime groups is 2. The summed E-state index contributed by atoms with van der Waals surface area (Å²) in [6.07, 6.45) is 0. The second-order valence-electron chi connectivity index (χ2n) is 3.96. The Hall–Kier alpha value is -3.17. The van der Waals surface area contributed by atoms with E-state index in [2.05, 4.69) is 18.9 Å². The molecule has 0 amide bonds. The van der Waals surface area contributed by atoms with Gasteiger partial charge in [0.1, 0.15) is 12.1 Å². The van der Waals surface area contributed by atoms with E-state index in [1.54, 1.807) is 0 Å². The lowest BCUT2D eigenvalue weighted by molar-refractivity contribution is -0.0540. The monoisotopic (exact) mass is 410 g/mol. The minimum atomic E-state index is -6.03. The third-order valence-electron chi connectivity index (χ3n) is 2.35. The van der Waals surface area contributed by atoms with Crippen LogP contribution >= 0.6 is 0 Å². The van der Waals surface area contributed by atoms with E-state index in [0.717, 1.165) is 24.3 Å². The molecule has 0 spiro atoms. The van der Waals surface area contributed by atoms with E-state index in [4.69, 9.17) is 10.5 Å². The maximum Gasteiger partial charge on any atom is 0.536 e. The van der Waals surface area contributed by atoms with Gasteiger partial charge in [-0.1, -0.05) is 34.6 Å². The molecular formula is C11H5F3N4O6S2. The molecule has 1 aromatic carbocycles. The van der Waals surface area contributed by atoms with Crippen LogP contribution < -0.4 is 0 Å². The molecule has 26 heavy (non-hydrogen) atoms. The molecule has 0 aliphatic carbocycles. The van der Waals surface area contributed by atoms with E-state index in [9.17, 15) is 30.0 Å². The Labute approximate surface area is 145 Å². The predicted molar refractivity (Wildman–Crippen MR) is 78.2 cm³/mol. The second kappa shape index (κ2) is 8.28. The van der Waals surface area contributed by atoms with Gasteiger partial charge < -0.3 is 0 Å². The predicted octanol–water partition coefficient (Wildman–Crippen LogP) is 0.551. The molecule has 1 rings (SSSR count). The Morgan fingerprint density at radius 2 is 1.42 bits per heavy atom. The topological polar surface area (TPSA) is 159 Å². The van der Waals surface area contributed by atoms with Gasteiger partial charge in [0.05, 0.1) is 0 Å². The van der Waals surface area contributed by atoms with Crippen molar-refractivity contribution in [2.24, 2.45) is 10.3 Å². The molecule has 10 nitrogen and oxygen atoms in total. The summed E-state index contributed by atoms with van der Waals surface area (Å²) in [6, 6.07) is 7.28. The van der Waals surface area contributed by atoms with Crippen LogP contribution in [0.15, 0.2) is 34.6 Å². The first-order valence-electron chi connectivity index (χ1n) is 5.90. The van der Waals surface area contributed by atoms with Gasteiger partial charge in [-0.3, -0.25) is 8.57 Å². The Bertz CT molecular complexity index is 990. The Balaban J connectivity index is 3.13. The van der Waals surface area contributed by atoms with Gasteiger partial charge in [0.25, 0.3) is 0 Å². The van der Waals surface area contributed by atoms with Crippen molar-refractivity contribution in [2.45, 2.75) is 5.51 Å². The number of thiol groups is 1. The summed E-state index contributed by atoms with van der Waals surface area (Å²) in [7, 11) is -9.37. The van der Waals surface area contributed by atoms with E-state index in [1.165, 1.54) is 12.1 Å². The summed E-state index contributed by atoms with van der Waals surface area (Å²) in [5.41, 5.74) is -7.10. The third-order valence-corrected chi connectivity index (χ3v) is 3.41. The van der Waals surface area contributed by atoms with Gasteiger partial charge in [-0.15, -0.1) is 0 Å². The van der Waals surface area contributed by atoms with Crippen LogP contribution in [0.1, 0.15) is 11.1 Å². The number of halogens is 3. The molecule has 0 aliphatic rings. The molecule has 0 saturated heterocycles. The number of alkyl halides is 3. The third kappa shape index (κ3) is 5.43. The average Bonchev–Trinajstić information content (AvgIpc) is 2.55. The van der Waals surface area contributed by atoms with Crippen molar-refractivity contribution >= 4 is 32.5 Å². The van der Waals surface area contributed by atoms with E-state index in [-0.39, 0.29) is 11.1 Å². The zero-order valence-corrected chi connectivity index (χ0v) is 13.7. The highest BCUT2D eigenvalue weighted by Crippen LogP contribution is 2.24. The van der Waals surface area contributed by atoms with E-state index in [1.807, 2.05) is 0 Å². The highest BCUT2D eigenvalue weighted by molar-refractivity contribution is 7.87. The lowest BCUT2D eigenvalue weighted by Gasteiger charge is -2.05. The molecule has 0 aliphatic heterocycles. The molecule has 0 heterocycles. The molecule has 0 bridgehead atoms. The summed E-state index contributed by atoms with van der Waals surface area (Å²) in [5.74, 6) is 0. The SMILES string of the molecule is N#CC(=NO[SH](=O)=O)c1ccc(C(C#N)=NOS(=O)(=O)C(F)(F)F)cc1. The molecule has 0 unspecified atom stereocenters. The maximum atomic E-state index is 12.1. The van der Waals surface area contributed by atoms with Crippen molar-refractivity contribution in [1.29, 1.82) is 10.5 Å². The summed E-state index contributed by atoms with van der Waals surface area (Å²) >= 11 is 0. The number of hydrogen-bond donors (Lipinski definition) is 1. The second-order valence-corrected chi connectivity index (χ2v) is 6.09. The van der Waals surface area contributed by atoms with Crippen LogP contribution in [0.2, 0.25) is 0 Å². The lowest BCUT2D eigenvalue weighted by Crippen LogP contribution is -2.24. The normalized spacial score (nSPS) is 13.0. The number of benzene rings is 1. The molecule has 0 atom stereocenters. The van der Waals surface area contributed by atoms with Gasteiger partial charge in [0.2, 0.25) is 0 Å². The fourth-order valence-electron chi connectivity index (χ4n) is 1.26. The van der Waals surface area contributed by atoms with E-state index < -0.39 is 38.0 Å². The van der Waals surface area contributed by atoms with Crippen LogP contribution in [-0.4, -0.2) is 33.8 Å². The van der Waals surface area contributed by atoms with Gasteiger partial charge in [-0.05, 0) is 0 Å². The van der Waals surface area contributed by atoms with Gasteiger partial charge in [-0.2, -0.15) is 40.5 Å². The first-order valence-corrected chi connectivity index (χ1v) is 8.40. The van der Waals surface area contributed by atoms with Crippen LogP contribution in [0.3, 0.4) is 0 Å². The number of hydrogen-bond acceptors (Lipinski definition) is 10. The van der Waals surface area contributed by atoms with Crippen molar-refractivity contribution in [2.75, 3.05) is 0 Å². The summed E-state index contributed by atoms with van der Waals surface area (Å²) in [5, 5.41) is 23.4. The molecule has 15 heteroatoms. The van der Waals surface area contributed by atoms with Crippen molar-refractivity contribution in [1.82, 2.24) is 0 Å². The summed E-state index contributed by atoms with van der Waals surface area (Å²) in [4.78, 5) is 0. The smallest absolute Gasteiger partial charge is 0.269 e. The van der Waals surface area contributed by atoms with Crippen molar-refractivity contribution in [3.63, 3.8) is 0 Å². The number of nitriles is 2. The number of nitrogens with zero attached hydrogens (tertiary/aromatic N) is 4. The standard InChI is InChI=1S/C11H5F3N4O6S2/c12-11(13,14)26(21,22)24-18-10(6-16)8-3-1-7(2-4-8)9(5-15)17-23-25(19)20/h1-4,25H. The molecule has 0 radical (unpaired) electrons. The van der Waals surface area contributed by atoms with E-state index >= 15 is 0 Å². The molecular weight excluding hydrogens is 405 g/mol. The molecule has 0 fully saturated rings. The van der Waals surface area contributed by atoms with Crippen LogP contribution in [0.5, 0.6) is 0 Å².